The first-order valence-electron chi connectivity index (χ1n) is 8.65. The predicted octanol–water partition coefficient (Wildman–Crippen LogP) is 2.41. The van der Waals surface area contributed by atoms with Crippen LogP contribution in [0.1, 0.15) is 24.0 Å². The Morgan fingerprint density at radius 1 is 1.32 bits per heavy atom. The van der Waals surface area contributed by atoms with Crippen LogP contribution in [-0.4, -0.2) is 55.1 Å². The lowest BCUT2D eigenvalue weighted by atomic mass is 9.53. The molecule has 0 amide bonds. The summed E-state index contributed by atoms with van der Waals surface area (Å²) in [5.74, 6) is 1.63. The van der Waals surface area contributed by atoms with Gasteiger partial charge in [0, 0.05) is 26.5 Å². The van der Waals surface area contributed by atoms with Crippen molar-refractivity contribution in [3.8, 4) is 11.5 Å². The quantitative estimate of drug-likeness (QED) is 0.669. The van der Waals surface area contributed by atoms with Gasteiger partial charge in [-0.3, -0.25) is 0 Å². The number of phenolic OH excluding ortho intramolecular Hbond substituents is 1. The first kappa shape index (κ1) is 17.4. The minimum atomic E-state index is -0.639. The van der Waals surface area contributed by atoms with Crippen LogP contribution in [0.5, 0.6) is 11.5 Å². The molecule has 3 aliphatic rings. The molecule has 1 aliphatic heterocycles. The molecule has 1 saturated heterocycles. The Balaban J connectivity index is 1.99. The first-order chi connectivity index (χ1) is 11.9. The van der Waals surface area contributed by atoms with Crippen LogP contribution in [0, 0.1) is 9.49 Å². The molecule has 5 nitrogen and oxygen atoms in total. The predicted molar refractivity (Wildman–Crippen MR) is 103 cm³/mol. The highest BCUT2D eigenvalue weighted by Gasteiger charge is 2.56. The molecule has 2 N–H and O–H groups in total. The molecule has 25 heavy (non-hydrogen) atoms. The van der Waals surface area contributed by atoms with Crippen molar-refractivity contribution in [3.05, 3.63) is 32.6 Å². The van der Waals surface area contributed by atoms with Gasteiger partial charge >= 0.3 is 0 Å². The third kappa shape index (κ3) is 2.33. The molecule has 4 rings (SSSR count). The molecule has 0 radical (unpaired) electrons. The summed E-state index contributed by atoms with van der Waals surface area (Å²) in [4.78, 5) is 2.41. The fourth-order valence-electron chi connectivity index (χ4n) is 5.23. The highest BCUT2D eigenvalue weighted by atomic mass is 127. The zero-order valence-corrected chi connectivity index (χ0v) is 16.9. The summed E-state index contributed by atoms with van der Waals surface area (Å²) in [5.41, 5.74) is 1.91. The molecule has 2 aliphatic carbocycles. The number of fused-ring (bicyclic) bond motifs is 1. The van der Waals surface area contributed by atoms with E-state index in [4.69, 9.17) is 9.47 Å². The maximum atomic E-state index is 11.0. The topological polar surface area (TPSA) is 62.2 Å². The number of rotatable bonds is 2. The summed E-state index contributed by atoms with van der Waals surface area (Å²) in [5, 5.41) is 21.7. The van der Waals surface area contributed by atoms with Gasteiger partial charge in [-0.2, -0.15) is 0 Å². The van der Waals surface area contributed by atoms with Crippen molar-refractivity contribution in [2.45, 2.75) is 36.8 Å². The number of likely N-dealkylation sites (N-methyl/N-ethyl adjacent to an activating group) is 1. The Labute approximate surface area is 161 Å². The Morgan fingerprint density at radius 3 is 2.76 bits per heavy atom. The Morgan fingerprint density at radius 2 is 2.08 bits per heavy atom. The van der Waals surface area contributed by atoms with Crippen LogP contribution in [0.15, 0.2) is 17.9 Å². The van der Waals surface area contributed by atoms with Crippen molar-refractivity contribution in [2.75, 3.05) is 27.8 Å². The number of ether oxygens (including phenoxy) is 2. The van der Waals surface area contributed by atoms with Gasteiger partial charge in [0.2, 0.25) is 0 Å². The van der Waals surface area contributed by atoms with E-state index in [9.17, 15) is 10.2 Å². The van der Waals surface area contributed by atoms with Gasteiger partial charge in [-0.1, -0.05) is 0 Å². The fourth-order valence-corrected chi connectivity index (χ4v) is 6.00. The molecule has 4 atom stereocenters. The minimum Gasteiger partial charge on any atom is -0.504 e. The van der Waals surface area contributed by atoms with Gasteiger partial charge in [-0.25, -0.2) is 0 Å². The third-order valence-corrected chi connectivity index (χ3v) is 7.41. The van der Waals surface area contributed by atoms with Crippen molar-refractivity contribution in [1.29, 1.82) is 0 Å². The lowest BCUT2D eigenvalue weighted by Gasteiger charge is -2.57. The first-order valence-corrected chi connectivity index (χ1v) is 9.73. The number of hydrogen-bond acceptors (Lipinski definition) is 5. The van der Waals surface area contributed by atoms with E-state index in [1.165, 1.54) is 5.56 Å². The standard InChI is InChI=1S/C19H24INO4/c1-21-5-4-19-9-14(22)15(24-2)7-11(19)13(21)6-10-12(20)8-16(25-3)18(23)17(10)19/h7-8,11,13-14,22-23H,4-6,9H2,1-3H3/t11-,13+,14+,19-/m1/s1. The summed E-state index contributed by atoms with van der Waals surface area (Å²) in [7, 11) is 5.37. The van der Waals surface area contributed by atoms with Gasteiger partial charge in [0.05, 0.1) is 14.2 Å². The van der Waals surface area contributed by atoms with Crippen LogP contribution in [0.25, 0.3) is 0 Å². The maximum Gasteiger partial charge on any atom is 0.161 e. The van der Waals surface area contributed by atoms with E-state index in [0.29, 0.717) is 24.0 Å². The van der Waals surface area contributed by atoms with Crippen molar-refractivity contribution >= 4 is 22.6 Å². The van der Waals surface area contributed by atoms with E-state index in [2.05, 4.69) is 40.6 Å². The second kappa shape index (κ2) is 6.03. The lowest BCUT2D eigenvalue weighted by Crippen LogP contribution is -2.60. The lowest BCUT2D eigenvalue weighted by molar-refractivity contribution is -0.00397. The monoisotopic (exact) mass is 457 g/mol. The summed E-state index contributed by atoms with van der Waals surface area (Å²) < 4.78 is 12.0. The van der Waals surface area contributed by atoms with Gasteiger partial charge in [-0.15, -0.1) is 0 Å². The van der Waals surface area contributed by atoms with Gasteiger partial charge in [0.1, 0.15) is 11.9 Å². The zero-order valence-electron chi connectivity index (χ0n) is 14.8. The van der Waals surface area contributed by atoms with Crippen LogP contribution >= 0.6 is 22.6 Å². The molecule has 136 valence electrons. The largest absolute Gasteiger partial charge is 0.504 e. The van der Waals surface area contributed by atoms with E-state index < -0.39 is 6.10 Å². The second-order valence-electron chi connectivity index (χ2n) is 7.44. The number of piperidine rings is 1. The number of aliphatic hydroxyl groups excluding tert-OH is 1. The number of phenols is 1. The van der Waals surface area contributed by atoms with Gasteiger partial charge < -0.3 is 24.6 Å². The molecule has 0 unspecified atom stereocenters. The van der Waals surface area contributed by atoms with E-state index in [1.807, 2.05) is 6.07 Å². The van der Waals surface area contributed by atoms with Crippen molar-refractivity contribution in [1.82, 2.24) is 4.90 Å². The van der Waals surface area contributed by atoms with Crippen molar-refractivity contribution in [3.63, 3.8) is 0 Å². The number of likely N-dealkylation sites (tertiary alicyclic amines) is 1. The SMILES string of the molecule is COC1=C[C@@H]2[C@@H]3Cc4c(I)cc(OC)c(O)c4[C@]2(CCN3C)C[C@@H]1O. The zero-order chi connectivity index (χ0) is 17.9. The summed E-state index contributed by atoms with van der Waals surface area (Å²) in [6, 6.07) is 2.26. The summed E-state index contributed by atoms with van der Waals surface area (Å²) >= 11 is 2.34. The fraction of sp³-hybridized carbons (Fsp3) is 0.579. The van der Waals surface area contributed by atoms with Crippen molar-refractivity contribution in [2.24, 2.45) is 5.92 Å². The Bertz CT molecular complexity index is 749. The van der Waals surface area contributed by atoms with Gasteiger partial charge in [0.25, 0.3) is 0 Å². The van der Waals surface area contributed by atoms with Crippen LogP contribution in [-0.2, 0) is 16.6 Å². The molecule has 1 fully saturated rings. The second-order valence-corrected chi connectivity index (χ2v) is 8.60. The average Bonchev–Trinajstić information content (AvgIpc) is 2.59. The smallest absolute Gasteiger partial charge is 0.161 e. The molecule has 0 spiro atoms. The molecule has 0 saturated carbocycles. The minimum absolute atomic E-state index is 0.214. The van der Waals surface area contributed by atoms with Crippen molar-refractivity contribution < 1.29 is 19.7 Å². The number of methoxy groups -OCH3 is 2. The number of aliphatic hydroxyl groups is 1. The molecule has 1 aromatic carbocycles. The molecule has 2 bridgehead atoms. The molecular formula is C19H24INO4. The molecular weight excluding hydrogens is 433 g/mol. The normalized spacial score (nSPS) is 34.0. The van der Waals surface area contributed by atoms with Crippen LogP contribution in [0.3, 0.4) is 0 Å². The number of aromatic hydroxyl groups is 1. The Kier molecular flexibility index (Phi) is 4.20. The highest BCUT2D eigenvalue weighted by molar-refractivity contribution is 14.1. The molecule has 1 heterocycles. The molecule has 6 heteroatoms. The van der Waals surface area contributed by atoms with Crippen LogP contribution in [0.4, 0.5) is 0 Å². The van der Waals surface area contributed by atoms with E-state index in [-0.39, 0.29) is 17.1 Å². The number of nitrogens with zero attached hydrogens (tertiary/aromatic N) is 1. The number of hydrogen-bond donors (Lipinski definition) is 2. The van der Waals surface area contributed by atoms with Gasteiger partial charge in [-0.05, 0) is 73.2 Å². The molecule has 1 aromatic rings. The summed E-state index contributed by atoms with van der Waals surface area (Å²) in [6.07, 6.45) is 3.82. The van der Waals surface area contributed by atoms with Crippen LogP contribution in [0.2, 0.25) is 0 Å². The molecule has 0 aromatic heterocycles. The highest BCUT2D eigenvalue weighted by Crippen LogP contribution is 2.59. The third-order valence-electron chi connectivity index (χ3n) is 6.44. The number of benzene rings is 1. The van der Waals surface area contributed by atoms with E-state index in [1.54, 1.807) is 14.2 Å². The summed E-state index contributed by atoms with van der Waals surface area (Å²) in [6.45, 7) is 0.955. The maximum absolute atomic E-state index is 11.0. The average molecular weight is 457 g/mol. The van der Waals surface area contributed by atoms with E-state index >= 15 is 0 Å². The number of halogens is 1. The van der Waals surface area contributed by atoms with Gasteiger partial charge in [0.15, 0.2) is 11.5 Å². The van der Waals surface area contributed by atoms with E-state index in [0.717, 1.165) is 28.5 Å². The van der Waals surface area contributed by atoms with Crippen LogP contribution < -0.4 is 4.74 Å². The Hall–Kier alpha value is -0.990.